The fourth-order valence-corrected chi connectivity index (χ4v) is 3.66. The van der Waals surface area contributed by atoms with Crippen molar-refractivity contribution in [1.82, 2.24) is 15.0 Å². The van der Waals surface area contributed by atoms with Gasteiger partial charge in [-0.1, -0.05) is 13.0 Å². The van der Waals surface area contributed by atoms with Crippen molar-refractivity contribution >= 4 is 38.4 Å². The van der Waals surface area contributed by atoms with Crippen molar-refractivity contribution in [2.24, 2.45) is 5.73 Å². The highest BCUT2D eigenvalue weighted by Crippen LogP contribution is 2.28. The van der Waals surface area contributed by atoms with E-state index in [2.05, 4.69) is 27.9 Å². The van der Waals surface area contributed by atoms with Crippen LogP contribution in [0.4, 0.5) is 0 Å². The number of hydrogen-bond acceptors (Lipinski definition) is 5. The van der Waals surface area contributed by atoms with Crippen LogP contribution in [-0.4, -0.2) is 20.9 Å². The summed E-state index contributed by atoms with van der Waals surface area (Å²) in [6, 6.07) is 8.04. The number of rotatable bonds is 3. The SMILES string of the molecule is CCc1cc(-c2ncc3scc(C(N)=O)c3n2)cc2cccnc12. The van der Waals surface area contributed by atoms with E-state index < -0.39 is 5.91 Å². The molecule has 0 aliphatic carbocycles. The zero-order chi connectivity index (χ0) is 16.7. The van der Waals surface area contributed by atoms with Gasteiger partial charge in [-0.05, 0) is 30.2 Å². The summed E-state index contributed by atoms with van der Waals surface area (Å²) >= 11 is 1.42. The molecule has 0 fully saturated rings. The molecule has 0 spiro atoms. The lowest BCUT2D eigenvalue weighted by molar-refractivity contribution is 0.100. The Morgan fingerprint density at radius 3 is 2.92 bits per heavy atom. The second-order valence-electron chi connectivity index (χ2n) is 5.48. The summed E-state index contributed by atoms with van der Waals surface area (Å²) < 4.78 is 0.853. The number of primary amides is 1. The Hall–Kier alpha value is -2.86. The first-order chi connectivity index (χ1) is 11.7. The van der Waals surface area contributed by atoms with Crippen molar-refractivity contribution in [2.75, 3.05) is 0 Å². The number of hydrogen-bond donors (Lipinski definition) is 1. The van der Waals surface area contributed by atoms with Gasteiger partial charge in [-0.25, -0.2) is 9.97 Å². The van der Waals surface area contributed by atoms with Crippen LogP contribution in [0.1, 0.15) is 22.8 Å². The normalized spacial score (nSPS) is 11.2. The van der Waals surface area contributed by atoms with Gasteiger partial charge < -0.3 is 5.73 Å². The second kappa shape index (κ2) is 5.65. The second-order valence-corrected chi connectivity index (χ2v) is 6.40. The van der Waals surface area contributed by atoms with E-state index in [4.69, 9.17) is 5.73 Å². The molecule has 118 valence electrons. The smallest absolute Gasteiger partial charge is 0.251 e. The van der Waals surface area contributed by atoms with Crippen molar-refractivity contribution < 1.29 is 4.79 Å². The average Bonchev–Trinajstić information content (AvgIpc) is 3.04. The number of carbonyl (C=O) groups excluding carboxylic acids is 1. The monoisotopic (exact) mass is 334 g/mol. The van der Waals surface area contributed by atoms with Crippen LogP contribution < -0.4 is 5.73 Å². The van der Waals surface area contributed by atoms with Crippen molar-refractivity contribution in [3.05, 3.63) is 53.2 Å². The maximum atomic E-state index is 11.6. The highest BCUT2D eigenvalue weighted by atomic mass is 32.1. The lowest BCUT2D eigenvalue weighted by atomic mass is 10.0. The van der Waals surface area contributed by atoms with Gasteiger partial charge in [0.15, 0.2) is 5.82 Å². The van der Waals surface area contributed by atoms with Crippen LogP contribution in [0.2, 0.25) is 0 Å². The van der Waals surface area contributed by atoms with Crippen molar-refractivity contribution in [3.8, 4) is 11.4 Å². The van der Waals surface area contributed by atoms with Crippen LogP contribution in [0.15, 0.2) is 42.0 Å². The third-order valence-corrected chi connectivity index (χ3v) is 4.91. The van der Waals surface area contributed by atoms with Crippen molar-refractivity contribution in [1.29, 1.82) is 0 Å². The highest BCUT2D eigenvalue weighted by Gasteiger charge is 2.14. The van der Waals surface area contributed by atoms with Crippen LogP contribution in [0.3, 0.4) is 0 Å². The maximum Gasteiger partial charge on any atom is 0.251 e. The Morgan fingerprint density at radius 1 is 1.25 bits per heavy atom. The molecular formula is C18H14N4OS. The summed E-state index contributed by atoms with van der Waals surface area (Å²) in [6.45, 7) is 2.10. The molecule has 2 N–H and O–H groups in total. The molecule has 1 aromatic carbocycles. The average molecular weight is 334 g/mol. The Bertz CT molecular complexity index is 1090. The van der Waals surface area contributed by atoms with Crippen LogP contribution in [0, 0.1) is 0 Å². The van der Waals surface area contributed by atoms with Crippen LogP contribution in [-0.2, 0) is 6.42 Å². The Labute approximate surface area is 142 Å². The first kappa shape index (κ1) is 14.7. The number of aryl methyl sites for hydroxylation is 1. The molecule has 4 rings (SSSR count). The van der Waals surface area contributed by atoms with Gasteiger partial charge in [-0.3, -0.25) is 9.78 Å². The molecular weight excluding hydrogens is 320 g/mol. The number of pyridine rings is 1. The lowest BCUT2D eigenvalue weighted by Gasteiger charge is -2.07. The van der Waals surface area contributed by atoms with Gasteiger partial charge >= 0.3 is 0 Å². The molecule has 1 amide bonds. The molecule has 4 aromatic rings. The molecule has 5 nitrogen and oxygen atoms in total. The van der Waals surface area contributed by atoms with Gasteiger partial charge in [0.25, 0.3) is 5.91 Å². The summed E-state index contributed by atoms with van der Waals surface area (Å²) in [5.74, 6) is 0.117. The number of nitrogens with two attached hydrogens (primary N) is 1. The molecule has 6 heteroatoms. The minimum absolute atomic E-state index is 0.442. The van der Waals surface area contributed by atoms with Gasteiger partial charge in [-0.15, -0.1) is 11.3 Å². The Balaban J connectivity index is 1.95. The predicted molar refractivity (Wildman–Crippen MR) is 96.0 cm³/mol. The fraction of sp³-hybridized carbons (Fsp3) is 0.111. The van der Waals surface area contributed by atoms with Gasteiger partial charge in [0.2, 0.25) is 0 Å². The summed E-state index contributed by atoms with van der Waals surface area (Å²) in [4.78, 5) is 25.1. The Morgan fingerprint density at radius 2 is 2.12 bits per heavy atom. The Kier molecular flexibility index (Phi) is 3.46. The third-order valence-electron chi connectivity index (χ3n) is 4.00. The van der Waals surface area contributed by atoms with Gasteiger partial charge in [-0.2, -0.15) is 0 Å². The number of benzene rings is 1. The van der Waals surface area contributed by atoms with E-state index in [1.54, 1.807) is 17.8 Å². The summed E-state index contributed by atoms with van der Waals surface area (Å²) in [7, 11) is 0. The number of thiophene rings is 1. The fourth-order valence-electron chi connectivity index (χ4n) is 2.81. The third kappa shape index (κ3) is 2.32. The number of carbonyl (C=O) groups is 1. The zero-order valence-corrected chi connectivity index (χ0v) is 13.8. The van der Waals surface area contributed by atoms with E-state index in [0.717, 1.165) is 33.2 Å². The number of nitrogens with zero attached hydrogens (tertiary/aromatic N) is 3. The van der Waals surface area contributed by atoms with Gasteiger partial charge in [0.05, 0.1) is 21.3 Å². The topological polar surface area (TPSA) is 81.8 Å². The summed E-state index contributed by atoms with van der Waals surface area (Å²) in [6.07, 6.45) is 4.41. The molecule has 0 bridgehead atoms. The van der Waals surface area contributed by atoms with Crippen LogP contribution in [0.5, 0.6) is 0 Å². The van der Waals surface area contributed by atoms with E-state index in [-0.39, 0.29) is 0 Å². The molecule has 3 aromatic heterocycles. The maximum absolute atomic E-state index is 11.6. The van der Waals surface area contributed by atoms with Gasteiger partial charge in [0, 0.05) is 28.7 Å². The molecule has 3 heterocycles. The highest BCUT2D eigenvalue weighted by molar-refractivity contribution is 7.17. The largest absolute Gasteiger partial charge is 0.366 e. The van der Waals surface area contributed by atoms with E-state index in [1.807, 2.05) is 18.2 Å². The molecule has 0 radical (unpaired) electrons. The first-order valence-electron chi connectivity index (χ1n) is 7.59. The molecule has 0 saturated carbocycles. The van der Waals surface area contributed by atoms with Crippen LogP contribution >= 0.6 is 11.3 Å². The summed E-state index contributed by atoms with van der Waals surface area (Å²) in [5.41, 5.74) is 9.54. The molecule has 0 saturated heterocycles. The first-order valence-corrected chi connectivity index (χ1v) is 8.47. The number of aromatic nitrogens is 3. The van der Waals surface area contributed by atoms with Gasteiger partial charge in [0.1, 0.15) is 0 Å². The number of amides is 1. The molecule has 0 atom stereocenters. The lowest BCUT2D eigenvalue weighted by Crippen LogP contribution is -2.10. The summed E-state index contributed by atoms with van der Waals surface area (Å²) in [5, 5.41) is 2.78. The molecule has 0 aliphatic heterocycles. The zero-order valence-electron chi connectivity index (χ0n) is 13.0. The molecule has 0 unspecified atom stereocenters. The van der Waals surface area contributed by atoms with E-state index in [9.17, 15) is 4.79 Å². The minimum Gasteiger partial charge on any atom is -0.366 e. The van der Waals surface area contributed by atoms with Crippen molar-refractivity contribution in [2.45, 2.75) is 13.3 Å². The van der Waals surface area contributed by atoms with E-state index >= 15 is 0 Å². The predicted octanol–water partition coefficient (Wildman–Crippen LogP) is 3.57. The van der Waals surface area contributed by atoms with E-state index in [0.29, 0.717) is 16.9 Å². The minimum atomic E-state index is -0.470. The number of fused-ring (bicyclic) bond motifs is 2. The molecule has 24 heavy (non-hydrogen) atoms. The van der Waals surface area contributed by atoms with Crippen LogP contribution in [0.25, 0.3) is 32.5 Å². The van der Waals surface area contributed by atoms with E-state index in [1.165, 1.54) is 11.3 Å². The van der Waals surface area contributed by atoms with Crippen molar-refractivity contribution in [3.63, 3.8) is 0 Å². The molecule has 0 aliphatic rings. The quantitative estimate of drug-likeness (QED) is 0.621. The standard InChI is InChI=1S/C18H14N4OS/c1-2-10-6-12(7-11-4-3-5-20-15(10)11)18-21-8-14-16(22-18)13(9-24-14)17(19)23/h3-9H,2H2,1H3,(H2,19,23).